The maximum atomic E-state index is 9.17. The first-order valence-electron chi connectivity index (χ1n) is 7.19. The van der Waals surface area contributed by atoms with Gasteiger partial charge in [0.1, 0.15) is 11.8 Å². The van der Waals surface area contributed by atoms with Crippen LogP contribution in [0.4, 0.5) is 0 Å². The monoisotopic (exact) mass is 278 g/mol. The number of hydrogen-bond acceptors (Lipinski definition) is 4. The zero-order chi connectivity index (χ0) is 14.7. The highest BCUT2D eigenvalue weighted by Gasteiger charge is 2.26. The topological polar surface area (TPSA) is 65.9 Å². The van der Waals surface area contributed by atoms with Crippen molar-refractivity contribution in [2.24, 2.45) is 5.73 Å². The molecule has 0 aliphatic carbocycles. The van der Waals surface area contributed by atoms with Gasteiger partial charge >= 0.3 is 0 Å². The van der Waals surface area contributed by atoms with Crippen molar-refractivity contribution in [3.05, 3.63) is 65.0 Å². The maximum Gasteiger partial charge on any atom is 0.144 e. The zero-order valence-electron chi connectivity index (χ0n) is 11.9. The molecule has 1 aromatic heterocycles. The summed E-state index contributed by atoms with van der Waals surface area (Å²) in [6.07, 6.45) is 2.68. The minimum atomic E-state index is 0.210. The second-order valence-electron chi connectivity index (χ2n) is 5.29. The van der Waals surface area contributed by atoms with Crippen molar-refractivity contribution in [3.63, 3.8) is 0 Å². The number of aromatic nitrogens is 1. The van der Waals surface area contributed by atoms with Crippen molar-refractivity contribution >= 4 is 0 Å². The van der Waals surface area contributed by atoms with E-state index in [-0.39, 0.29) is 6.04 Å². The maximum absolute atomic E-state index is 9.17. The number of fused-ring (bicyclic) bond motifs is 1. The van der Waals surface area contributed by atoms with Gasteiger partial charge in [-0.25, -0.2) is 4.98 Å². The van der Waals surface area contributed by atoms with Crippen LogP contribution in [0, 0.1) is 11.3 Å². The first-order valence-corrected chi connectivity index (χ1v) is 7.19. The van der Waals surface area contributed by atoms with Crippen LogP contribution in [0.3, 0.4) is 0 Å². The lowest BCUT2D eigenvalue weighted by atomic mass is 9.92. The second-order valence-corrected chi connectivity index (χ2v) is 5.29. The van der Waals surface area contributed by atoms with E-state index in [1.54, 1.807) is 6.20 Å². The van der Waals surface area contributed by atoms with E-state index < -0.39 is 0 Å². The number of nitrogens with zero attached hydrogens (tertiary/aromatic N) is 3. The normalized spacial score (nSPS) is 18.0. The van der Waals surface area contributed by atoms with E-state index in [2.05, 4.69) is 40.2 Å². The third kappa shape index (κ3) is 2.66. The molecule has 3 rings (SSSR count). The van der Waals surface area contributed by atoms with Crippen LogP contribution < -0.4 is 5.73 Å². The molecule has 1 aliphatic heterocycles. The number of benzene rings is 1. The molecule has 1 aromatic carbocycles. The highest BCUT2D eigenvalue weighted by Crippen LogP contribution is 2.30. The van der Waals surface area contributed by atoms with Gasteiger partial charge in [0, 0.05) is 37.4 Å². The van der Waals surface area contributed by atoms with Gasteiger partial charge in [0.05, 0.1) is 0 Å². The molecule has 4 nitrogen and oxygen atoms in total. The predicted molar refractivity (Wildman–Crippen MR) is 81.3 cm³/mol. The number of rotatable bonds is 3. The summed E-state index contributed by atoms with van der Waals surface area (Å²) in [5, 5.41) is 9.17. The summed E-state index contributed by atoms with van der Waals surface area (Å²) in [5.41, 5.74) is 10.2. The number of nitrogens with two attached hydrogens (primary N) is 1. The third-order valence-corrected chi connectivity index (χ3v) is 4.12. The van der Waals surface area contributed by atoms with Gasteiger partial charge in [0.2, 0.25) is 0 Å². The van der Waals surface area contributed by atoms with Crippen LogP contribution in [0.1, 0.15) is 28.4 Å². The molecule has 2 N–H and O–H groups in total. The molecule has 0 spiro atoms. The van der Waals surface area contributed by atoms with Crippen molar-refractivity contribution < 1.29 is 0 Å². The average Bonchev–Trinajstić information content (AvgIpc) is 2.55. The van der Waals surface area contributed by atoms with Gasteiger partial charge in [0.25, 0.3) is 0 Å². The van der Waals surface area contributed by atoms with Crippen LogP contribution in [-0.4, -0.2) is 23.0 Å². The van der Waals surface area contributed by atoms with E-state index in [1.807, 2.05) is 12.1 Å². The van der Waals surface area contributed by atoms with Gasteiger partial charge < -0.3 is 5.73 Å². The third-order valence-electron chi connectivity index (χ3n) is 4.12. The summed E-state index contributed by atoms with van der Waals surface area (Å²) in [5.74, 6) is 0. The molecule has 1 atom stereocenters. The van der Waals surface area contributed by atoms with Gasteiger partial charge in [-0.2, -0.15) is 5.26 Å². The largest absolute Gasteiger partial charge is 0.329 e. The Hall–Kier alpha value is -2.22. The molecule has 21 heavy (non-hydrogen) atoms. The van der Waals surface area contributed by atoms with Crippen LogP contribution in [0.25, 0.3) is 0 Å². The second kappa shape index (κ2) is 6.04. The van der Waals surface area contributed by atoms with Gasteiger partial charge in [-0.3, -0.25) is 4.90 Å². The molecular formula is C17H18N4. The number of pyridine rings is 1. The van der Waals surface area contributed by atoms with Crippen LogP contribution in [0.15, 0.2) is 42.6 Å². The van der Waals surface area contributed by atoms with Gasteiger partial charge in [-0.15, -0.1) is 0 Å². The Labute approximate surface area is 124 Å². The molecular weight excluding hydrogens is 260 g/mol. The SMILES string of the molecule is N#Cc1ncccc1CN1CCc2ccccc2C1CN. The van der Waals surface area contributed by atoms with Gasteiger partial charge in [-0.05, 0) is 23.6 Å². The van der Waals surface area contributed by atoms with Crippen molar-refractivity contribution in [2.75, 3.05) is 13.1 Å². The fourth-order valence-electron chi connectivity index (χ4n) is 3.05. The number of hydrogen-bond donors (Lipinski definition) is 1. The molecule has 106 valence electrons. The summed E-state index contributed by atoms with van der Waals surface area (Å²) < 4.78 is 0. The van der Waals surface area contributed by atoms with Crippen molar-refractivity contribution in [1.82, 2.24) is 9.88 Å². The minimum absolute atomic E-state index is 0.210. The van der Waals surface area contributed by atoms with Crippen molar-refractivity contribution in [3.8, 4) is 6.07 Å². The Morgan fingerprint density at radius 3 is 2.95 bits per heavy atom. The standard InChI is InChI=1S/C17H18N4/c18-10-16-14(5-3-8-20-16)12-21-9-7-13-4-1-2-6-15(13)17(21)11-19/h1-6,8,17H,7,9,11-12,19H2. The Kier molecular flexibility index (Phi) is 3.96. The highest BCUT2D eigenvalue weighted by atomic mass is 15.2. The highest BCUT2D eigenvalue weighted by molar-refractivity contribution is 5.34. The molecule has 0 fully saturated rings. The van der Waals surface area contributed by atoms with Crippen LogP contribution >= 0.6 is 0 Å². The fraction of sp³-hybridized carbons (Fsp3) is 0.294. The molecule has 0 amide bonds. The van der Waals surface area contributed by atoms with E-state index in [9.17, 15) is 5.26 Å². The van der Waals surface area contributed by atoms with E-state index in [0.29, 0.717) is 18.8 Å². The van der Waals surface area contributed by atoms with E-state index in [0.717, 1.165) is 18.5 Å². The molecule has 2 aromatic rings. The van der Waals surface area contributed by atoms with Crippen LogP contribution in [0.2, 0.25) is 0 Å². The summed E-state index contributed by atoms with van der Waals surface area (Å²) in [6, 6.07) is 14.7. The van der Waals surface area contributed by atoms with Crippen molar-refractivity contribution in [2.45, 2.75) is 19.0 Å². The Bertz CT molecular complexity index is 674. The molecule has 2 heterocycles. The lowest BCUT2D eigenvalue weighted by Crippen LogP contribution is -2.39. The van der Waals surface area contributed by atoms with Crippen molar-refractivity contribution in [1.29, 1.82) is 5.26 Å². The summed E-state index contributed by atoms with van der Waals surface area (Å²) in [7, 11) is 0. The molecule has 4 heteroatoms. The van der Waals surface area contributed by atoms with Crippen LogP contribution in [-0.2, 0) is 13.0 Å². The van der Waals surface area contributed by atoms with E-state index in [4.69, 9.17) is 5.73 Å². The summed E-state index contributed by atoms with van der Waals surface area (Å²) in [4.78, 5) is 6.49. The van der Waals surface area contributed by atoms with Crippen LogP contribution in [0.5, 0.6) is 0 Å². The Balaban J connectivity index is 1.88. The quantitative estimate of drug-likeness (QED) is 0.932. The smallest absolute Gasteiger partial charge is 0.144 e. The zero-order valence-corrected chi connectivity index (χ0v) is 11.9. The number of nitriles is 1. The minimum Gasteiger partial charge on any atom is -0.329 e. The molecule has 0 radical (unpaired) electrons. The lowest BCUT2D eigenvalue weighted by molar-refractivity contribution is 0.180. The first kappa shape index (κ1) is 13.7. The summed E-state index contributed by atoms with van der Waals surface area (Å²) in [6.45, 7) is 2.25. The molecule has 1 aliphatic rings. The molecule has 0 saturated heterocycles. The molecule has 0 saturated carbocycles. The molecule has 0 bridgehead atoms. The Morgan fingerprint density at radius 1 is 1.29 bits per heavy atom. The predicted octanol–water partition coefficient (Wildman–Crippen LogP) is 2.01. The van der Waals surface area contributed by atoms with E-state index in [1.165, 1.54) is 11.1 Å². The lowest BCUT2D eigenvalue weighted by Gasteiger charge is -2.36. The Morgan fingerprint density at radius 2 is 2.14 bits per heavy atom. The fourth-order valence-corrected chi connectivity index (χ4v) is 3.05. The summed E-state index contributed by atoms with van der Waals surface area (Å²) >= 11 is 0. The first-order chi connectivity index (χ1) is 10.3. The van der Waals surface area contributed by atoms with Gasteiger partial charge in [0.15, 0.2) is 0 Å². The van der Waals surface area contributed by atoms with Gasteiger partial charge in [-0.1, -0.05) is 30.3 Å². The average molecular weight is 278 g/mol. The van der Waals surface area contributed by atoms with E-state index >= 15 is 0 Å². The molecule has 1 unspecified atom stereocenters.